The highest BCUT2D eigenvalue weighted by atomic mass is 16.7. The monoisotopic (exact) mass is 359 g/mol. The lowest BCUT2D eigenvalue weighted by atomic mass is 9.79. The molecule has 0 bridgehead atoms. The number of benzene rings is 1. The van der Waals surface area contributed by atoms with Gasteiger partial charge in [0.25, 0.3) is 5.91 Å². The SMILES string of the molecule is O=C(c1ccc2c(c1)OCO2)N1CC2(C1)OCCC2CCOCC1CC1. The molecular formula is C20H25NO5. The van der Waals surface area contributed by atoms with E-state index in [-0.39, 0.29) is 18.3 Å². The van der Waals surface area contributed by atoms with Crippen molar-refractivity contribution < 1.29 is 23.7 Å². The number of likely N-dealkylation sites (tertiary alicyclic amines) is 1. The third-order valence-corrected chi connectivity index (χ3v) is 6.08. The number of amides is 1. The zero-order valence-electron chi connectivity index (χ0n) is 14.9. The highest BCUT2D eigenvalue weighted by molar-refractivity contribution is 5.95. The Morgan fingerprint density at radius 3 is 2.88 bits per heavy atom. The smallest absolute Gasteiger partial charge is 0.254 e. The third kappa shape index (κ3) is 2.95. The molecule has 26 heavy (non-hydrogen) atoms. The molecule has 1 aromatic carbocycles. The Labute approximate surface area is 153 Å². The molecule has 6 heteroatoms. The van der Waals surface area contributed by atoms with E-state index in [4.69, 9.17) is 18.9 Å². The van der Waals surface area contributed by atoms with Gasteiger partial charge in [0, 0.05) is 25.4 Å². The number of hydrogen-bond donors (Lipinski definition) is 0. The van der Waals surface area contributed by atoms with Crippen LogP contribution >= 0.6 is 0 Å². The van der Waals surface area contributed by atoms with E-state index < -0.39 is 0 Å². The Kier molecular flexibility index (Phi) is 4.05. The first-order valence-electron chi connectivity index (χ1n) is 9.64. The zero-order chi connectivity index (χ0) is 17.6. The molecule has 0 aromatic heterocycles. The van der Waals surface area contributed by atoms with Crippen LogP contribution in [0.25, 0.3) is 0 Å². The molecule has 3 aliphatic heterocycles. The molecule has 4 aliphatic rings. The van der Waals surface area contributed by atoms with Crippen LogP contribution in [-0.2, 0) is 9.47 Å². The van der Waals surface area contributed by atoms with Gasteiger partial charge in [0.2, 0.25) is 6.79 Å². The summed E-state index contributed by atoms with van der Waals surface area (Å²) >= 11 is 0. The largest absolute Gasteiger partial charge is 0.454 e. The van der Waals surface area contributed by atoms with Crippen LogP contribution in [0.1, 0.15) is 36.0 Å². The fourth-order valence-electron chi connectivity index (χ4n) is 4.26. The minimum absolute atomic E-state index is 0.0353. The van der Waals surface area contributed by atoms with E-state index >= 15 is 0 Å². The standard InChI is InChI=1S/C20H25NO5/c22-19(15-3-4-17-18(9-15)25-13-24-17)21-11-20(12-21)16(6-8-26-20)5-7-23-10-14-1-2-14/h3-4,9,14,16H,1-2,5-8,10-13H2. The molecule has 0 radical (unpaired) electrons. The number of carbonyl (C=O) groups is 1. The van der Waals surface area contributed by atoms with E-state index in [1.165, 1.54) is 12.8 Å². The van der Waals surface area contributed by atoms with Gasteiger partial charge in [0.05, 0.1) is 13.1 Å². The van der Waals surface area contributed by atoms with Gasteiger partial charge in [0.1, 0.15) is 5.60 Å². The second-order valence-corrected chi connectivity index (χ2v) is 7.94. The summed E-state index contributed by atoms with van der Waals surface area (Å²) in [6.07, 6.45) is 4.75. The molecule has 3 heterocycles. The molecule has 1 saturated carbocycles. The molecule has 6 nitrogen and oxygen atoms in total. The Morgan fingerprint density at radius 1 is 1.19 bits per heavy atom. The summed E-state index contributed by atoms with van der Waals surface area (Å²) in [6.45, 7) is 4.08. The van der Waals surface area contributed by atoms with Crippen molar-refractivity contribution in [2.75, 3.05) is 39.7 Å². The van der Waals surface area contributed by atoms with Crippen molar-refractivity contribution in [3.05, 3.63) is 23.8 Å². The molecule has 1 unspecified atom stereocenters. The van der Waals surface area contributed by atoms with Gasteiger partial charge in [-0.15, -0.1) is 0 Å². The molecule has 1 aliphatic carbocycles. The van der Waals surface area contributed by atoms with Gasteiger partial charge in [0.15, 0.2) is 11.5 Å². The van der Waals surface area contributed by atoms with Crippen LogP contribution in [0.5, 0.6) is 11.5 Å². The molecule has 3 fully saturated rings. The molecule has 1 amide bonds. The van der Waals surface area contributed by atoms with Gasteiger partial charge in [-0.3, -0.25) is 4.79 Å². The number of carbonyl (C=O) groups excluding carboxylic acids is 1. The molecule has 5 rings (SSSR count). The molecule has 0 N–H and O–H groups in total. The first-order chi connectivity index (χ1) is 12.7. The van der Waals surface area contributed by atoms with Crippen LogP contribution in [0, 0.1) is 11.8 Å². The maximum absolute atomic E-state index is 12.8. The van der Waals surface area contributed by atoms with Gasteiger partial charge in [-0.05, 0) is 55.7 Å². The van der Waals surface area contributed by atoms with Crippen LogP contribution in [0.3, 0.4) is 0 Å². The van der Waals surface area contributed by atoms with Crippen LogP contribution in [-0.4, -0.2) is 56.1 Å². The van der Waals surface area contributed by atoms with E-state index in [1.54, 1.807) is 18.2 Å². The summed E-state index contributed by atoms with van der Waals surface area (Å²) in [5.41, 5.74) is 0.487. The van der Waals surface area contributed by atoms with Crippen LogP contribution in [0.4, 0.5) is 0 Å². The van der Waals surface area contributed by atoms with Crippen LogP contribution in [0.15, 0.2) is 18.2 Å². The Balaban J connectivity index is 1.16. The number of nitrogens with zero attached hydrogens (tertiary/aromatic N) is 1. The van der Waals surface area contributed by atoms with Gasteiger partial charge in [-0.1, -0.05) is 0 Å². The number of hydrogen-bond acceptors (Lipinski definition) is 5. The predicted octanol–water partition coefficient (Wildman–Crippen LogP) is 2.46. The zero-order valence-corrected chi connectivity index (χ0v) is 14.9. The third-order valence-electron chi connectivity index (χ3n) is 6.08. The van der Waals surface area contributed by atoms with E-state index in [0.717, 1.165) is 38.6 Å². The van der Waals surface area contributed by atoms with Crippen LogP contribution < -0.4 is 9.47 Å². The fraction of sp³-hybridized carbons (Fsp3) is 0.650. The number of ether oxygens (including phenoxy) is 4. The second-order valence-electron chi connectivity index (χ2n) is 7.94. The summed E-state index contributed by atoms with van der Waals surface area (Å²) in [5.74, 6) is 2.68. The van der Waals surface area contributed by atoms with Gasteiger partial charge >= 0.3 is 0 Å². The summed E-state index contributed by atoms with van der Waals surface area (Å²) in [7, 11) is 0. The van der Waals surface area contributed by atoms with Crippen molar-refractivity contribution in [3.8, 4) is 11.5 Å². The van der Waals surface area contributed by atoms with Crippen molar-refractivity contribution in [2.24, 2.45) is 11.8 Å². The lowest BCUT2D eigenvalue weighted by Crippen LogP contribution is -2.66. The molecule has 2 saturated heterocycles. The minimum atomic E-state index is -0.158. The quantitative estimate of drug-likeness (QED) is 0.731. The lowest BCUT2D eigenvalue weighted by Gasteiger charge is -2.50. The van der Waals surface area contributed by atoms with E-state index in [9.17, 15) is 4.79 Å². The second kappa shape index (κ2) is 6.43. The Hall–Kier alpha value is -1.79. The van der Waals surface area contributed by atoms with E-state index in [2.05, 4.69) is 0 Å². The van der Waals surface area contributed by atoms with Crippen molar-refractivity contribution >= 4 is 5.91 Å². The highest BCUT2D eigenvalue weighted by Gasteiger charge is 2.54. The number of rotatable bonds is 6. The fourth-order valence-corrected chi connectivity index (χ4v) is 4.26. The van der Waals surface area contributed by atoms with Gasteiger partial charge < -0.3 is 23.8 Å². The van der Waals surface area contributed by atoms with Gasteiger partial charge in [-0.25, -0.2) is 0 Å². The van der Waals surface area contributed by atoms with Crippen molar-refractivity contribution in [2.45, 2.75) is 31.3 Å². The van der Waals surface area contributed by atoms with E-state index in [1.807, 2.05) is 4.90 Å². The molecular weight excluding hydrogens is 334 g/mol. The highest BCUT2D eigenvalue weighted by Crippen LogP contribution is 2.43. The van der Waals surface area contributed by atoms with Crippen molar-refractivity contribution in [1.82, 2.24) is 4.90 Å². The first-order valence-corrected chi connectivity index (χ1v) is 9.64. The Bertz CT molecular complexity index is 695. The van der Waals surface area contributed by atoms with Crippen LogP contribution in [0.2, 0.25) is 0 Å². The maximum atomic E-state index is 12.8. The lowest BCUT2D eigenvalue weighted by molar-refractivity contribution is -0.120. The number of fused-ring (bicyclic) bond motifs is 1. The average Bonchev–Trinajstić information content (AvgIpc) is 3.16. The summed E-state index contributed by atoms with van der Waals surface area (Å²) in [6, 6.07) is 5.38. The molecule has 1 aromatic rings. The first kappa shape index (κ1) is 16.4. The minimum Gasteiger partial charge on any atom is -0.454 e. The molecule has 140 valence electrons. The van der Waals surface area contributed by atoms with Crippen molar-refractivity contribution in [3.63, 3.8) is 0 Å². The topological polar surface area (TPSA) is 57.2 Å². The normalized spacial score (nSPS) is 25.5. The van der Waals surface area contributed by atoms with Crippen molar-refractivity contribution in [1.29, 1.82) is 0 Å². The summed E-state index contributed by atoms with van der Waals surface area (Å²) in [5, 5.41) is 0. The van der Waals surface area contributed by atoms with Gasteiger partial charge in [-0.2, -0.15) is 0 Å². The van der Waals surface area contributed by atoms with E-state index in [0.29, 0.717) is 36.1 Å². The average molecular weight is 359 g/mol. The maximum Gasteiger partial charge on any atom is 0.254 e. The Morgan fingerprint density at radius 2 is 2.04 bits per heavy atom. The molecule has 1 atom stereocenters. The summed E-state index contributed by atoms with van der Waals surface area (Å²) < 4.78 is 22.6. The molecule has 1 spiro atoms. The summed E-state index contributed by atoms with van der Waals surface area (Å²) in [4.78, 5) is 14.6. The predicted molar refractivity (Wildman–Crippen MR) is 93.4 cm³/mol.